The zero-order chi connectivity index (χ0) is 25.7. The van der Waals surface area contributed by atoms with Crippen molar-refractivity contribution in [2.45, 2.75) is 32.4 Å². The lowest BCUT2D eigenvalue weighted by Crippen LogP contribution is -2.42. The molecule has 1 unspecified atom stereocenters. The minimum atomic E-state index is -4.49. The molecule has 1 atom stereocenters. The Morgan fingerprint density at radius 3 is 2.57 bits per heavy atom. The maximum atomic E-state index is 13.3. The van der Waals surface area contributed by atoms with Crippen molar-refractivity contribution in [2.75, 3.05) is 13.1 Å². The molecule has 1 aromatic heterocycles. The van der Waals surface area contributed by atoms with Crippen molar-refractivity contribution < 1.29 is 27.9 Å². The van der Waals surface area contributed by atoms with Gasteiger partial charge in [-0.1, -0.05) is 23.2 Å². The summed E-state index contributed by atoms with van der Waals surface area (Å²) in [5, 5.41) is 9.72. The van der Waals surface area contributed by atoms with Crippen molar-refractivity contribution in [3.8, 4) is 0 Å². The highest BCUT2D eigenvalue weighted by Gasteiger charge is 2.34. The molecular weight excluding hydrogens is 506 g/mol. The van der Waals surface area contributed by atoms with Crippen molar-refractivity contribution in [1.29, 1.82) is 0 Å². The second-order valence-corrected chi connectivity index (χ2v) is 9.47. The summed E-state index contributed by atoms with van der Waals surface area (Å²) in [6.07, 6.45) is -3.34. The van der Waals surface area contributed by atoms with Crippen LogP contribution in [0.5, 0.6) is 0 Å². The molecule has 1 amide bonds. The number of alkyl halides is 3. The van der Waals surface area contributed by atoms with Crippen LogP contribution in [0.1, 0.15) is 45.7 Å². The lowest BCUT2D eigenvalue weighted by molar-refractivity contribution is -0.143. The summed E-state index contributed by atoms with van der Waals surface area (Å²) in [7, 11) is 1.69. The van der Waals surface area contributed by atoms with E-state index in [1.807, 2.05) is 0 Å². The minimum absolute atomic E-state index is 0.0241. The monoisotopic (exact) mass is 527 g/mol. The number of hydrogen-bond acceptors (Lipinski definition) is 3. The molecule has 1 N–H and O–H groups in total. The van der Waals surface area contributed by atoms with E-state index >= 15 is 0 Å². The van der Waals surface area contributed by atoms with Gasteiger partial charge in [-0.3, -0.25) is 9.59 Å². The molecule has 0 bridgehead atoms. The Morgan fingerprint density at radius 1 is 1.20 bits per heavy atom. The predicted octanol–water partition coefficient (Wildman–Crippen LogP) is 5.73. The number of fused-ring (bicyclic) bond motifs is 1. The standard InChI is InChI=1S/C24H22Cl2F3N3O3/c1-12-16(24(27,28)29)6-8-18-21(12)30-19(31(18)2)10-15-17(25)7-5-14(20(15)26)22(33)32-9-3-4-13(11-32)23(34)35/h5-8,13H,3-4,9-11H2,1-2H3,(H,34,35). The summed E-state index contributed by atoms with van der Waals surface area (Å²) in [5.41, 5.74) is 0.628. The molecule has 3 aromatic rings. The molecule has 186 valence electrons. The molecule has 1 aliphatic rings. The molecular formula is C24H22Cl2F3N3O3. The Kier molecular flexibility index (Phi) is 6.76. The van der Waals surface area contributed by atoms with Crippen molar-refractivity contribution >= 4 is 46.1 Å². The van der Waals surface area contributed by atoms with Gasteiger partial charge in [-0.25, -0.2) is 4.98 Å². The van der Waals surface area contributed by atoms with Crippen LogP contribution >= 0.6 is 23.2 Å². The fourth-order valence-corrected chi connectivity index (χ4v) is 5.11. The molecule has 2 heterocycles. The van der Waals surface area contributed by atoms with Crippen LogP contribution < -0.4 is 0 Å². The van der Waals surface area contributed by atoms with Crippen LogP contribution in [0.15, 0.2) is 24.3 Å². The second-order valence-electron chi connectivity index (χ2n) is 8.68. The lowest BCUT2D eigenvalue weighted by Gasteiger charge is -2.31. The molecule has 1 fully saturated rings. The Morgan fingerprint density at radius 2 is 1.91 bits per heavy atom. The Hall–Kier alpha value is -2.78. The number of likely N-dealkylation sites (tertiary alicyclic amines) is 1. The largest absolute Gasteiger partial charge is 0.481 e. The molecule has 0 spiro atoms. The van der Waals surface area contributed by atoms with Crippen LogP contribution in [0.3, 0.4) is 0 Å². The van der Waals surface area contributed by atoms with E-state index in [1.54, 1.807) is 11.6 Å². The van der Waals surface area contributed by atoms with E-state index in [0.717, 1.165) is 6.07 Å². The van der Waals surface area contributed by atoms with Gasteiger partial charge in [0.05, 0.1) is 33.1 Å². The number of halogens is 5. The van der Waals surface area contributed by atoms with Crippen LogP contribution in [0.25, 0.3) is 11.0 Å². The summed E-state index contributed by atoms with van der Waals surface area (Å²) in [6, 6.07) is 5.44. The number of carboxylic acid groups (broad SMARTS) is 1. The van der Waals surface area contributed by atoms with Gasteiger partial charge in [0.25, 0.3) is 5.91 Å². The molecule has 1 saturated heterocycles. The first-order valence-electron chi connectivity index (χ1n) is 10.9. The normalized spacial score (nSPS) is 16.7. The minimum Gasteiger partial charge on any atom is -0.481 e. The van der Waals surface area contributed by atoms with E-state index in [2.05, 4.69) is 4.98 Å². The molecule has 0 radical (unpaired) electrons. The van der Waals surface area contributed by atoms with Gasteiger partial charge in [-0.2, -0.15) is 13.2 Å². The zero-order valence-corrected chi connectivity index (χ0v) is 20.4. The van der Waals surface area contributed by atoms with Crippen LogP contribution in [0.4, 0.5) is 13.2 Å². The van der Waals surface area contributed by atoms with Crippen molar-refractivity contribution in [2.24, 2.45) is 13.0 Å². The number of hydrogen-bond donors (Lipinski definition) is 1. The molecule has 0 saturated carbocycles. The zero-order valence-electron chi connectivity index (χ0n) is 18.9. The van der Waals surface area contributed by atoms with Gasteiger partial charge in [-0.05, 0) is 55.2 Å². The van der Waals surface area contributed by atoms with Crippen molar-refractivity contribution in [3.05, 3.63) is 62.4 Å². The third kappa shape index (κ3) is 4.71. The van der Waals surface area contributed by atoms with Gasteiger partial charge in [0.1, 0.15) is 5.82 Å². The first-order valence-corrected chi connectivity index (χ1v) is 11.7. The topological polar surface area (TPSA) is 75.4 Å². The fraction of sp³-hybridized carbons (Fsp3) is 0.375. The lowest BCUT2D eigenvalue weighted by atomic mass is 9.97. The fourth-order valence-electron chi connectivity index (χ4n) is 4.52. The summed E-state index contributed by atoms with van der Waals surface area (Å²) < 4.78 is 41.7. The van der Waals surface area contributed by atoms with E-state index < -0.39 is 29.5 Å². The van der Waals surface area contributed by atoms with Gasteiger partial charge >= 0.3 is 12.1 Å². The Balaban J connectivity index is 1.70. The summed E-state index contributed by atoms with van der Waals surface area (Å²) in [5.74, 6) is -1.55. The maximum Gasteiger partial charge on any atom is 0.416 e. The van der Waals surface area contributed by atoms with Gasteiger partial charge in [0, 0.05) is 31.6 Å². The number of carboxylic acids is 1. The highest BCUT2D eigenvalue weighted by molar-refractivity contribution is 6.38. The number of rotatable bonds is 4. The highest BCUT2D eigenvalue weighted by Crippen LogP contribution is 2.36. The third-order valence-corrected chi connectivity index (χ3v) is 7.30. The van der Waals surface area contributed by atoms with E-state index in [0.29, 0.717) is 36.3 Å². The van der Waals surface area contributed by atoms with Gasteiger partial charge in [0.2, 0.25) is 0 Å². The number of piperidine rings is 1. The van der Waals surface area contributed by atoms with Gasteiger partial charge < -0.3 is 14.6 Å². The quantitative estimate of drug-likeness (QED) is 0.469. The third-order valence-electron chi connectivity index (χ3n) is 6.51. The first-order chi connectivity index (χ1) is 16.4. The Labute approximate surface area is 209 Å². The number of carbonyl (C=O) groups excluding carboxylic acids is 1. The van der Waals surface area contributed by atoms with E-state index in [1.165, 1.54) is 30.0 Å². The average Bonchev–Trinajstić information content (AvgIpc) is 3.12. The summed E-state index contributed by atoms with van der Waals surface area (Å²) >= 11 is 13.0. The molecule has 11 heteroatoms. The van der Waals surface area contributed by atoms with Crippen molar-refractivity contribution in [3.63, 3.8) is 0 Å². The Bertz CT molecular complexity index is 1340. The molecule has 6 nitrogen and oxygen atoms in total. The number of carbonyl (C=O) groups is 2. The van der Waals surface area contributed by atoms with E-state index in [9.17, 15) is 27.9 Å². The second kappa shape index (κ2) is 9.35. The van der Waals surface area contributed by atoms with Crippen LogP contribution in [0.2, 0.25) is 10.0 Å². The van der Waals surface area contributed by atoms with Crippen LogP contribution in [-0.4, -0.2) is 44.5 Å². The molecule has 4 rings (SSSR count). The molecule has 1 aliphatic heterocycles. The van der Waals surface area contributed by atoms with Crippen molar-refractivity contribution in [1.82, 2.24) is 14.5 Å². The summed E-state index contributed by atoms with van der Waals surface area (Å²) in [6.45, 7) is 1.89. The van der Waals surface area contributed by atoms with E-state index in [4.69, 9.17) is 23.2 Å². The first kappa shape index (κ1) is 25.3. The van der Waals surface area contributed by atoms with Crippen LogP contribution in [0, 0.1) is 12.8 Å². The summed E-state index contributed by atoms with van der Waals surface area (Å²) in [4.78, 5) is 30.5. The number of nitrogens with zero attached hydrogens (tertiary/aromatic N) is 3. The number of aryl methyl sites for hydroxylation is 2. The predicted molar refractivity (Wildman–Crippen MR) is 126 cm³/mol. The number of imidazole rings is 1. The average molecular weight is 528 g/mol. The number of benzene rings is 2. The number of amides is 1. The highest BCUT2D eigenvalue weighted by atomic mass is 35.5. The maximum absolute atomic E-state index is 13.3. The molecule has 35 heavy (non-hydrogen) atoms. The molecule has 2 aromatic carbocycles. The smallest absolute Gasteiger partial charge is 0.416 e. The van der Waals surface area contributed by atoms with Gasteiger partial charge in [0.15, 0.2) is 0 Å². The van der Waals surface area contributed by atoms with E-state index in [-0.39, 0.29) is 39.7 Å². The van der Waals surface area contributed by atoms with Crippen LogP contribution in [-0.2, 0) is 24.4 Å². The SMILES string of the molecule is Cc1c(C(F)(F)F)ccc2c1nc(Cc1c(Cl)ccc(C(=O)N3CCCC(C(=O)O)C3)c1Cl)n2C. The molecule has 0 aliphatic carbocycles. The van der Waals surface area contributed by atoms with Gasteiger partial charge in [-0.15, -0.1) is 0 Å². The number of aliphatic carboxylic acids is 1. The number of aromatic nitrogens is 2.